The fourth-order valence-corrected chi connectivity index (χ4v) is 3.15. The molecule has 0 aliphatic carbocycles. The highest BCUT2D eigenvalue weighted by Gasteiger charge is 2.28. The van der Waals surface area contributed by atoms with E-state index in [1.54, 1.807) is 23.9 Å². The van der Waals surface area contributed by atoms with Crippen LogP contribution < -0.4 is 5.73 Å². The van der Waals surface area contributed by atoms with Crippen molar-refractivity contribution in [2.45, 2.75) is 25.0 Å². The zero-order valence-corrected chi connectivity index (χ0v) is 12.5. The van der Waals surface area contributed by atoms with Gasteiger partial charge in [0.15, 0.2) is 5.03 Å². The van der Waals surface area contributed by atoms with Gasteiger partial charge < -0.3 is 10.3 Å². The molecule has 9 heteroatoms. The molecule has 0 atom stereocenters. The number of aryl methyl sites for hydroxylation is 2. The van der Waals surface area contributed by atoms with Crippen molar-refractivity contribution < 1.29 is 8.42 Å². The average Bonchev–Trinajstić information content (AvgIpc) is 2.96. The van der Waals surface area contributed by atoms with E-state index in [-0.39, 0.29) is 18.1 Å². The molecule has 8 nitrogen and oxygen atoms in total. The quantitative estimate of drug-likeness (QED) is 0.789. The number of aromatic amines is 1. The fourth-order valence-electron chi connectivity index (χ4n) is 1.86. The van der Waals surface area contributed by atoms with Crippen LogP contribution in [0.2, 0.25) is 0 Å². The Balaban J connectivity index is 2.32. The van der Waals surface area contributed by atoms with Gasteiger partial charge in [-0.25, -0.2) is 13.4 Å². The lowest BCUT2D eigenvalue weighted by Gasteiger charge is -2.16. The highest BCUT2D eigenvalue weighted by molar-refractivity contribution is 7.89. The van der Waals surface area contributed by atoms with E-state index in [1.165, 1.54) is 11.4 Å². The lowest BCUT2D eigenvalue weighted by molar-refractivity contribution is 0.448. The Morgan fingerprint density at radius 2 is 2.20 bits per heavy atom. The molecule has 2 aromatic heterocycles. The van der Waals surface area contributed by atoms with Gasteiger partial charge in [-0.15, -0.1) is 0 Å². The lowest BCUT2D eigenvalue weighted by Crippen LogP contribution is -2.29. The Labute approximate surface area is 117 Å². The number of rotatable bonds is 5. The SMILES string of the molecule is Cc1[nH]nc(S(=O)(=O)N(C)Cc2nccn2C)c1CN. The maximum Gasteiger partial charge on any atom is 0.262 e. The molecule has 0 spiro atoms. The Morgan fingerprint density at radius 1 is 1.50 bits per heavy atom. The minimum absolute atomic E-state index is 0.0193. The summed E-state index contributed by atoms with van der Waals surface area (Å²) >= 11 is 0. The zero-order chi connectivity index (χ0) is 14.9. The average molecular weight is 298 g/mol. The second-order valence-corrected chi connectivity index (χ2v) is 6.51. The zero-order valence-electron chi connectivity index (χ0n) is 11.7. The summed E-state index contributed by atoms with van der Waals surface area (Å²) in [4.78, 5) is 4.11. The summed E-state index contributed by atoms with van der Waals surface area (Å²) in [6.45, 7) is 2.03. The summed E-state index contributed by atoms with van der Waals surface area (Å²) < 4.78 is 28.0. The van der Waals surface area contributed by atoms with Crippen molar-refractivity contribution in [3.8, 4) is 0 Å². The first-order valence-electron chi connectivity index (χ1n) is 6.04. The van der Waals surface area contributed by atoms with Gasteiger partial charge in [-0.05, 0) is 6.92 Å². The summed E-state index contributed by atoms with van der Waals surface area (Å²) in [5.74, 6) is 0.651. The van der Waals surface area contributed by atoms with Gasteiger partial charge in [0, 0.05) is 44.3 Å². The second-order valence-electron chi connectivity index (χ2n) is 4.55. The fraction of sp³-hybridized carbons (Fsp3) is 0.455. The van der Waals surface area contributed by atoms with Crippen LogP contribution in [0.1, 0.15) is 17.1 Å². The van der Waals surface area contributed by atoms with Crippen LogP contribution in [0.3, 0.4) is 0 Å². The van der Waals surface area contributed by atoms with Crippen LogP contribution >= 0.6 is 0 Å². The first kappa shape index (κ1) is 14.7. The highest BCUT2D eigenvalue weighted by Crippen LogP contribution is 2.20. The van der Waals surface area contributed by atoms with Crippen molar-refractivity contribution in [3.63, 3.8) is 0 Å². The van der Waals surface area contributed by atoms with Gasteiger partial charge in [0.25, 0.3) is 10.0 Å². The molecule has 2 rings (SSSR count). The van der Waals surface area contributed by atoms with E-state index in [1.807, 2.05) is 7.05 Å². The number of hydrogen-bond donors (Lipinski definition) is 2. The van der Waals surface area contributed by atoms with Crippen molar-refractivity contribution >= 4 is 10.0 Å². The topological polar surface area (TPSA) is 110 Å². The Kier molecular flexibility index (Phi) is 3.93. The van der Waals surface area contributed by atoms with E-state index in [0.29, 0.717) is 17.1 Å². The van der Waals surface area contributed by atoms with Gasteiger partial charge in [-0.3, -0.25) is 5.10 Å². The first-order valence-corrected chi connectivity index (χ1v) is 7.48. The maximum atomic E-state index is 12.5. The summed E-state index contributed by atoms with van der Waals surface area (Å²) in [5.41, 5.74) is 6.77. The second kappa shape index (κ2) is 5.35. The molecule has 0 aromatic carbocycles. The van der Waals surface area contributed by atoms with Gasteiger partial charge in [0.2, 0.25) is 0 Å². The van der Waals surface area contributed by atoms with Crippen LogP contribution in [-0.4, -0.2) is 39.5 Å². The van der Waals surface area contributed by atoms with E-state index in [4.69, 9.17) is 5.73 Å². The summed E-state index contributed by atoms with van der Waals surface area (Å²) in [5, 5.41) is 6.51. The minimum atomic E-state index is -3.70. The van der Waals surface area contributed by atoms with Crippen molar-refractivity contribution in [2.24, 2.45) is 12.8 Å². The molecule has 0 fully saturated rings. The smallest absolute Gasteiger partial charge is 0.262 e. The van der Waals surface area contributed by atoms with E-state index in [9.17, 15) is 8.42 Å². The summed E-state index contributed by atoms with van der Waals surface area (Å²) in [6, 6.07) is 0. The van der Waals surface area contributed by atoms with Crippen LogP contribution in [0.25, 0.3) is 0 Å². The lowest BCUT2D eigenvalue weighted by atomic mass is 10.3. The Hall–Kier alpha value is -1.71. The van der Waals surface area contributed by atoms with E-state index >= 15 is 0 Å². The van der Waals surface area contributed by atoms with Crippen molar-refractivity contribution in [1.29, 1.82) is 0 Å². The van der Waals surface area contributed by atoms with Gasteiger partial charge in [-0.2, -0.15) is 9.40 Å². The number of sulfonamides is 1. The van der Waals surface area contributed by atoms with E-state index in [0.717, 1.165) is 0 Å². The molecule has 2 aromatic rings. The monoisotopic (exact) mass is 298 g/mol. The van der Waals surface area contributed by atoms with Crippen molar-refractivity contribution in [2.75, 3.05) is 7.05 Å². The maximum absolute atomic E-state index is 12.5. The Bertz CT molecular complexity index is 702. The van der Waals surface area contributed by atoms with Crippen LogP contribution in [0.5, 0.6) is 0 Å². The third kappa shape index (κ3) is 2.47. The standard InChI is InChI=1S/C11H18N6O2S/c1-8-9(6-12)11(15-14-8)20(18,19)17(3)7-10-13-4-5-16(10)2/h4-5H,6-7,12H2,1-3H3,(H,14,15). The molecule has 3 N–H and O–H groups in total. The molecule has 110 valence electrons. The molecule has 0 radical (unpaired) electrons. The number of imidazole rings is 1. The van der Waals surface area contributed by atoms with Gasteiger partial charge in [-0.1, -0.05) is 0 Å². The molecule has 20 heavy (non-hydrogen) atoms. The normalized spacial score (nSPS) is 12.2. The third-order valence-electron chi connectivity index (χ3n) is 3.18. The van der Waals surface area contributed by atoms with Crippen molar-refractivity contribution in [3.05, 3.63) is 29.5 Å². The molecule has 0 saturated heterocycles. The van der Waals surface area contributed by atoms with Crippen LogP contribution in [0.4, 0.5) is 0 Å². The van der Waals surface area contributed by atoms with Crippen molar-refractivity contribution in [1.82, 2.24) is 24.1 Å². The molecule has 0 unspecified atom stereocenters. The minimum Gasteiger partial charge on any atom is -0.337 e. The number of hydrogen-bond acceptors (Lipinski definition) is 5. The molecule has 2 heterocycles. The first-order chi connectivity index (χ1) is 9.37. The number of H-pyrrole nitrogens is 1. The molecule has 0 amide bonds. The van der Waals surface area contributed by atoms with Crippen LogP contribution in [-0.2, 0) is 30.2 Å². The molecule has 0 bridgehead atoms. The predicted molar refractivity (Wildman–Crippen MR) is 73.1 cm³/mol. The number of nitrogens with one attached hydrogen (secondary N) is 1. The van der Waals surface area contributed by atoms with Crippen LogP contribution in [0.15, 0.2) is 17.4 Å². The predicted octanol–water partition coefficient (Wildman–Crippen LogP) is -0.269. The van der Waals surface area contributed by atoms with Gasteiger partial charge in [0.05, 0.1) is 6.54 Å². The van der Waals surface area contributed by atoms with Gasteiger partial charge in [0.1, 0.15) is 5.82 Å². The number of nitrogens with zero attached hydrogens (tertiary/aromatic N) is 4. The molecule has 0 aliphatic rings. The molecular formula is C11H18N6O2S. The number of aromatic nitrogens is 4. The molecule has 0 aliphatic heterocycles. The summed E-state index contributed by atoms with van der Waals surface area (Å²) in [6.07, 6.45) is 3.39. The van der Waals surface area contributed by atoms with Gasteiger partial charge >= 0.3 is 0 Å². The largest absolute Gasteiger partial charge is 0.337 e. The van der Waals surface area contributed by atoms with Crippen LogP contribution in [0, 0.1) is 6.92 Å². The molecule has 0 saturated carbocycles. The summed E-state index contributed by atoms with van der Waals surface area (Å²) in [7, 11) is -0.389. The third-order valence-corrected chi connectivity index (χ3v) is 4.96. The van der Waals surface area contributed by atoms with E-state index < -0.39 is 10.0 Å². The van der Waals surface area contributed by atoms with E-state index in [2.05, 4.69) is 15.2 Å². The Morgan fingerprint density at radius 3 is 2.75 bits per heavy atom. The molecular weight excluding hydrogens is 280 g/mol. The number of nitrogens with two attached hydrogens (primary N) is 1. The highest BCUT2D eigenvalue weighted by atomic mass is 32.2.